The van der Waals surface area contributed by atoms with Gasteiger partial charge in [0.05, 0.1) is 0 Å². The number of amides is 2. The summed E-state index contributed by atoms with van der Waals surface area (Å²) in [7, 11) is 0. The first-order valence-electron chi connectivity index (χ1n) is 11.4. The molecular formula is C27H27N3O5. The fraction of sp³-hybridized carbons (Fsp3) is 0.259. The average molecular weight is 474 g/mol. The van der Waals surface area contributed by atoms with Crippen molar-refractivity contribution in [2.24, 2.45) is 0 Å². The van der Waals surface area contributed by atoms with E-state index in [1.807, 2.05) is 36.4 Å². The summed E-state index contributed by atoms with van der Waals surface area (Å²) in [5, 5.41) is 14.4. The van der Waals surface area contributed by atoms with Crippen molar-refractivity contribution in [3.8, 4) is 11.1 Å². The highest BCUT2D eigenvalue weighted by molar-refractivity contribution is 5.89. The number of fused-ring (bicyclic) bond motifs is 3. The molecule has 3 N–H and O–H groups in total. The third-order valence-corrected chi connectivity index (χ3v) is 6.43. The Morgan fingerprint density at radius 3 is 2.17 bits per heavy atom. The number of carbonyl (C=O) groups excluding carboxylic acids is 2. The van der Waals surface area contributed by atoms with Crippen LogP contribution >= 0.6 is 0 Å². The third-order valence-electron chi connectivity index (χ3n) is 6.43. The maximum atomic E-state index is 12.9. The van der Waals surface area contributed by atoms with Gasteiger partial charge in [0.2, 0.25) is 5.91 Å². The van der Waals surface area contributed by atoms with E-state index < -0.39 is 17.6 Å². The van der Waals surface area contributed by atoms with Gasteiger partial charge in [-0.2, -0.15) is 0 Å². The number of aromatic nitrogens is 1. The number of pyridine rings is 1. The molecule has 0 saturated heterocycles. The molecule has 35 heavy (non-hydrogen) atoms. The van der Waals surface area contributed by atoms with E-state index in [1.165, 1.54) is 12.3 Å². The van der Waals surface area contributed by atoms with Crippen molar-refractivity contribution in [2.45, 2.75) is 38.3 Å². The molecule has 0 radical (unpaired) electrons. The maximum Gasteiger partial charge on any atom is 0.408 e. The monoisotopic (exact) mass is 473 g/mol. The van der Waals surface area contributed by atoms with Gasteiger partial charge >= 0.3 is 12.1 Å². The minimum absolute atomic E-state index is 0.0730. The van der Waals surface area contributed by atoms with Gasteiger partial charge in [0.1, 0.15) is 17.8 Å². The highest BCUT2D eigenvalue weighted by atomic mass is 16.5. The first-order chi connectivity index (χ1) is 16.8. The summed E-state index contributed by atoms with van der Waals surface area (Å²) in [5.41, 5.74) is 3.89. The summed E-state index contributed by atoms with van der Waals surface area (Å²) in [4.78, 5) is 40.3. The van der Waals surface area contributed by atoms with Gasteiger partial charge in [-0.1, -0.05) is 61.5 Å². The Hall–Kier alpha value is -4.20. The third kappa shape index (κ3) is 5.01. The molecule has 0 fully saturated rings. The van der Waals surface area contributed by atoms with E-state index in [9.17, 15) is 14.4 Å². The van der Waals surface area contributed by atoms with Gasteiger partial charge in [0, 0.05) is 18.7 Å². The van der Waals surface area contributed by atoms with E-state index in [2.05, 4.69) is 27.8 Å². The number of nitrogens with one attached hydrogen (secondary N) is 2. The lowest BCUT2D eigenvalue weighted by Crippen LogP contribution is -2.56. The number of nitrogens with zero attached hydrogens (tertiary/aromatic N) is 1. The molecule has 1 atom stereocenters. The number of carboxylic acid groups (broad SMARTS) is 1. The number of hydrogen-bond acceptors (Lipinski definition) is 5. The molecule has 2 aromatic carbocycles. The zero-order valence-corrected chi connectivity index (χ0v) is 19.6. The number of carbonyl (C=O) groups is 3. The summed E-state index contributed by atoms with van der Waals surface area (Å²) in [6, 6.07) is 19.1. The normalized spacial score (nSPS) is 13.8. The summed E-state index contributed by atoms with van der Waals surface area (Å²) in [6.45, 7) is 3.73. The number of carboxylic acids is 1. The first-order valence-corrected chi connectivity index (χ1v) is 11.4. The Kier molecular flexibility index (Phi) is 6.82. The predicted octanol–water partition coefficient (Wildman–Crippen LogP) is 4.10. The minimum atomic E-state index is -1.18. The van der Waals surface area contributed by atoms with Crippen molar-refractivity contribution in [1.82, 2.24) is 15.6 Å². The summed E-state index contributed by atoms with van der Waals surface area (Å²) < 4.78 is 5.59. The molecule has 0 aliphatic heterocycles. The highest BCUT2D eigenvalue weighted by Gasteiger charge is 2.34. The lowest BCUT2D eigenvalue weighted by molar-refractivity contribution is -0.127. The molecule has 1 aromatic heterocycles. The van der Waals surface area contributed by atoms with Crippen LogP contribution < -0.4 is 10.6 Å². The van der Waals surface area contributed by atoms with Crippen LogP contribution in [0.15, 0.2) is 66.9 Å². The molecular weight excluding hydrogens is 446 g/mol. The van der Waals surface area contributed by atoms with Gasteiger partial charge in [0.15, 0.2) is 0 Å². The zero-order chi connectivity index (χ0) is 25.0. The molecule has 180 valence electrons. The SMILES string of the molecule is CCC(C)(NC(=O)OCC1c2ccccc2-c2ccccc21)C(=O)NCc1ccc(C(=O)O)nc1. The fourth-order valence-electron chi connectivity index (χ4n) is 4.20. The number of hydrogen-bond donors (Lipinski definition) is 3. The molecule has 0 bridgehead atoms. The Morgan fingerprint density at radius 2 is 1.63 bits per heavy atom. The van der Waals surface area contributed by atoms with Crippen molar-refractivity contribution in [3.05, 3.63) is 89.2 Å². The summed E-state index contributed by atoms with van der Waals surface area (Å²) in [6.07, 6.45) is 1.07. The van der Waals surface area contributed by atoms with Crippen LogP contribution in [0.1, 0.15) is 53.4 Å². The number of ether oxygens (including phenoxy) is 1. The molecule has 8 nitrogen and oxygen atoms in total. The van der Waals surface area contributed by atoms with Crippen molar-refractivity contribution in [1.29, 1.82) is 0 Å². The largest absolute Gasteiger partial charge is 0.477 e. The molecule has 1 aliphatic carbocycles. The molecule has 8 heteroatoms. The second-order valence-corrected chi connectivity index (χ2v) is 8.68. The topological polar surface area (TPSA) is 118 Å². The van der Waals surface area contributed by atoms with Crippen LogP contribution in [-0.2, 0) is 16.1 Å². The van der Waals surface area contributed by atoms with Gasteiger partial charge in [-0.25, -0.2) is 14.6 Å². The standard InChI is InChI=1S/C27H27N3O5/c1-3-27(2,25(33)29-15-17-12-13-23(24(31)32)28-14-17)30-26(34)35-16-22-20-10-6-4-8-18(20)19-9-5-7-11-21(19)22/h4-14,22H,3,15-16H2,1-2H3,(H,29,33)(H,30,34)(H,31,32). The van der Waals surface area contributed by atoms with Crippen LogP contribution in [0.4, 0.5) is 4.79 Å². The lowest BCUT2D eigenvalue weighted by atomic mass is 9.97. The Balaban J connectivity index is 1.36. The molecule has 1 unspecified atom stereocenters. The van der Waals surface area contributed by atoms with Crippen molar-refractivity contribution in [2.75, 3.05) is 6.61 Å². The van der Waals surface area contributed by atoms with Gasteiger partial charge in [0.25, 0.3) is 0 Å². The lowest BCUT2D eigenvalue weighted by Gasteiger charge is -2.28. The van der Waals surface area contributed by atoms with E-state index in [-0.39, 0.29) is 30.7 Å². The average Bonchev–Trinajstić information content (AvgIpc) is 3.19. The molecule has 1 heterocycles. The van der Waals surface area contributed by atoms with Crippen LogP contribution in [0.3, 0.4) is 0 Å². The Morgan fingerprint density at radius 1 is 1.00 bits per heavy atom. The van der Waals surface area contributed by atoms with E-state index in [0.29, 0.717) is 12.0 Å². The quantitative estimate of drug-likeness (QED) is 0.453. The number of benzene rings is 2. The molecule has 0 saturated carbocycles. The summed E-state index contributed by atoms with van der Waals surface area (Å²) >= 11 is 0. The van der Waals surface area contributed by atoms with Gasteiger partial charge in [-0.3, -0.25) is 4.79 Å². The highest BCUT2D eigenvalue weighted by Crippen LogP contribution is 2.44. The predicted molar refractivity (Wildman–Crippen MR) is 130 cm³/mol. The summed E-state index contributed by atoms with van der Waals surface area (Å²) in [5.74, 6) is -1.57. The van der Waals surface area contributed by atoms with Crippen molar-refractivity contribution < 1.29 is 24.2 Å². The smallest absolute Gasteiger partial charge is 0.408 e. The van der Waals surface area contributed by atoms with Crippen LogP contribution in [0.25, 0.3) is 11.1 Å². The number of aromatic carboxylic acids is 1. The number of rotatable bonds is 8. The molecule has 2 amide bonds. The van der Waals surface area contributed by atoms with Gasteiger partial charge in [-0.05, 0) is 47.2 Å². The fourth-order valence-corrected chi connectivity index (χ4v) is 4.20. The van der Waals surface area contributed by atoms with Gasteiger partial charge < -0.3 is 20.5 Å². The maximum absolute atomic E-state index is 12.9. The van der Waals surface area contributed by atoms with Crippen LogP contribution in [0, 0.1) is 0 Å². The molecule has 4 rings (SSSR count). The second kappa shape index (κ2) is 9.97. The van der Waals surface area contributed by atoms with E-state index in [4.69, 9.17) is 9.84 Å². The first kappa shape index (κ1) is 23.9. The van der Waals surface area contributed by atoms with E-state index >= 15 is 0 Å². The van der Waals surface area contributed by atoms with Crippen LogP contribution in [0.5, 0.6) is 0 Å². The number of alkyl carbamates (subject to hydrolysis) is 1. The minimum Gasteiger partial charge on any atom is -0.477 e. The van der Waals surface area contributed by atoms with Crippen molar-refractivity contribution in [3.63, 3.8) is 0 Å². The molecule has 0 spiro atoms. The van der Waals surface area contributed by atoms with E-state index in [0.717, 1.165) is 22.3 Å². The Labute approximate surface area is 203 Å². The Bertz CT molecular complexity index is 1210. The zero-order valence-electron chi connectivity index (χ0n) is 19.6. The molecule has 3 aromatic rings. The van der Waals surface area contributed by atoms with Crippen molar-refractivity contribution >= 4 is 18.0 Å². The van der Waals surface area contributed by atoms with E-state index in [1.54, 1.807) is 19.9 Å². The molecule has 1 aliphatic rings. The second-order valence-electron chi connectivity index (χ2n) is 8.68. The van der Waals surface area contributed by atoms with Crippen LogP contribution in [0.2, 0.25) is 0 Å². The van der Waals surface area contributed by atoms with Gasteiger partial charge in [-0.15, -0.1) is 0 Å². The van der Waals surface area contributed by atoms with Crippen LogP contribution in [-0.4, -0.2) is 40.2 Å².